The molecule has 0 atom stereocenters. The van der Waals surface area contributed by atoms with Crippen LogP contribution in [-0.4, -0.2) is 26.0 Å². The van der Waals surface area contributed by atoms with E-state index in [1.807, 2.05) is 0 Å². The molecule has 0 aromatic carbocycles. The Labute approximate surface area is 78.0 Å². The molecule has 68 valence electrons. The fraction of sp³-hybridized carbons (Fsp3) is 0.333. The Bertz CT molecular complexity index is 370. The summed E-state index contributed by atoms with van der Waals surface area (Å²) in [7, 11) is 0. The Morgan fingerprint density at radius 2 is 2.38 bits per heavy atom. The van der Waals surface area contributed by atoms with Gasteiger partial charge in [0.15, 0.2) is 0 Å². The van der Waals surface area contributed by atoms with Crippen molar-refractivity contribution in [2.75, 3.05) is 6.54 Å². The summed E-state index contributed by atoms with van der Waals surface area (Å²) < 4.78 is 8.89. The topological polar surface area (TPSA) is 90.7 Å². The quantitative estimate of drug-likeness (QED) is 0.749. The maximum absolute atomic E-state index is 5.33. The van der Waals surface area contributed by atoms with E-state index in [9.17, 15) is 0 Å². The van der Waals surface area contributed by atoms with Gasteiger partial charge in [-0.1, -0.05) is 5.16 Å². The molecule has 0 aliphatic heterocycles. The van der Waals surface area contributed by atoms with E-state index < -0.39 is 0 Å². The number of hydrogen-bond acceptors (Lipinski definition) is 7. The van der Waals surface area contributed by atoms with Crippen LogP contribution in [0.25, 0.3) is 11.6 Å². The first-order valence-corrected chi connectivity index (χ1v) is 4.53. The summed E-state index contributed by atoms with van der Waals surface area (Å²) in [5.41, 5.74) is 6.95. The van der Waals surface area contributed by atoms with Crippen LogP contribution >= 0.6 is 11.5 Å². The Balaban J connectivity index is 2.23. The van der Waals surface area contributed by atoms with Crippen LogP contribution in [0, 0.1) is 0 Å². The fourth-order valence-corrected chi connectivity index (χ4v) is 1.26. The summed E-state index contributed by atoms with van der Waals surface area (Å²) in [6.07, 6.45) is 0.580. The highest BCUT2D eigenvalue weighted by Gasteiger charge is 2.10. The molecule has 0 amide bonds. The van der Waals surface area contributed by atoms with Gasteiger partial charge in [0.2, 0.25) is 17.5 Å². The second-order valence-electron chi connectivity index (χ2n) is 2.31. The minimum absolute atomic E-state index is 0.421. The molecule has 0 aliphatic rings. The second kappa shape index (κ2) is 3.58. The molecule has 2 N–H and O–H groups in total. The zero-order valence-corrected chi connectivity index (χ0v) is 7.49. The predicted octanol–water partition coefficient (Wildman–Crippen LogP) is 0.0893. The van der Waals surface area contributed by atoms with Crippen molar-refractivity contribution in [3.63, 3.8) is 0 Å². The van der Waals surface area contributed by atoms with Crippen molar-refractivity contribution < 1.29 is 4.52 Å². The van der Waals surface area contributed by atoms with Gasteiger partial charge in [0.25, 0.3) is 0 Å². The normalized spacial score (nSPS) is 10.5. The van der Waals surface area contributed by atoms with Crippen LogP contribution in [-0.2, 0) is 6.42 Å². The van der Waals surface area contributed by atoms with Crippen LogP contribution in [0.4, 0.5) is 0 Å². The summed E-state index contributed by atoms with van der Waals surface area (Å²) in [5, 5.41) is 3.72. The van der Waals surface area contributed by atoms with Gasteiger partial charge in [-0.25, -0.2) is 4.98 Å². The molecule has 2 rings (SSSR count). The summed E-state index contributed by atoms with van der Waals surface area (Å²) >= 11 is 1.25. The molecule has 0 spiro atoms. The van der Waals surface area contributed by atoms with Gasteiger partial charge in [-0.3, -0.25) is 0 Å². The van der Waals surface area contributed by atoms with Gasteiger partial charge in [0.05, 0.1) is 0 Å². The SMILES string of the molecule is NCCc1nc(-c2ncsn2)no1. The number of aromatic nitrogens is 4. The Morgan fingerprint density at radius 1 is 1.46 bits per heavy atom. The van der Waals surface area contributed by atoms with Crippen LogP contribution < -0.4 is 5.73 Å². The minimum Gasteiger partial charge on any atom is -0.339 e. The van der Waals surface area contributed by atoms with Crippen molar-refractivity contribution in [2.24, 2.45) is 5.73 Å². The van der Waals surface area contributed by atoms with Gasteiger partial charge in [-0.15, -0.1) is 0 Å². The Hall–Kier alpha value is -1.34. The molecule has 0 saturated carbocycles. The summed E-state index contributed by atoms with van der Waals surface area (Å²) in [4.78, 5) is 8.02. The molecular formula is C6H7N5OS. The Morgan fingerprint density at radius 3 is 3.08 bits per heavy atom. The third-order valence-corrected chi connectivity index (χ3v) is 1.87. The summed E-state index contributed by atoms with van der Waals surface area (Å²) in [6.45, 7) is 0.492. The van der Waals surface area contributed by atoms with Gasteiger partial charge in [0.1, 0.15) is 5.51 Å². The lowest BCUT2D eigenvalue weighted by molar-refractivity contribution is 0.380. The van der Waals surface area contributed by atoms with Crippen molar-refractivity contribution in [1.82, 2.24) is 19.5 Å². The third-order valence-electron chi connectivity index (χ3n) is 1.39. The van der Waals surface area contributed by atoms with Crippen molar-refractivity contribution >= 4 is 11.5 Å². The number of hydrogen-bond donors (Lipinski definition) is 1. The van der Waals surface area contributed by atoms with Crippen molar-refractivity contribution in [3.05, 3.63) is 11.4 Å². The predicted molar refractivity (Wildman–Crippen MR) is 46.0 cm³/mol. The fourth-order valence-electron chi connectivity index (χ4n) is 0.840. The van der Waals surface area contributed by atoms with E-state index >= 15 is 0 Å². The van der Waals surface area contributed by atoms with Crippen LogP contribution in [0.3, 0.4) is 0 Å². The van der Waals surface area contributed by atoms with Gasteiger partial charge >= 0.3 is 0 Å². The van der Waals surface area contributed by atoms with E-state index in [4.69, 9.17) is 10.3 Å². The van der Waals surface area contributed by atoms with Crippen molar-refractivity contribution in [3.8, 4) is 11.6 Å². The van der Waals surface area contributed by atoms with Crippen molar-refractivity contribution in [2.45, 2.75) is 6.42 Å². The average Bonchev–Trinajstić information content (AvgIpc) is 2.70. The summed E-state index contributed by atoms with van der Waals surface area (Å²) in [5.74, 6) is 1.44. The molecule has 2 aromatic rings. The van der Waals surface area contributed by atoms with E-state index in [-0.39, 0.29) is 0 Å². The van der Waals surface area contributed by atoms with Gasteiger partial charge in [-0.2, -0.15) is 9.36 Å². The van der Waals surface area contributed by atoms with E-state index in [1.54, 1.807) is 5.51 Å². The first-order chi connectivity index (χ1) is 6.40. The molecule has 2 heterocycles. The molecule has 0 saturated heterocycles. The summed E-state index contributed by atoms with van der Waals surface area (Å²) in [6, 6.07) is 0. The largest absolute Gasteiger partial charge is 0.339 e. The highest BCUT2D eigenvalue weighted by atomic mass is 32.1. The monoisotopic (exact) mass is 197 g/mol. The molecular weight excluding hydrogens is 190 g/mol. The lowest BCUT2D eigenvalue weighted by Crippen LogP contribution is -2.02. The number of nitrogens with two attached hydrogens (primary N) is 1. The molecule has 6 nitrogen and oxygen atoms in total. The first-order valence-electron chi connectivity index (χ1n) is 3.69. The first kappa shape index (κ1) is 8.27. The van der Waals surface area contributed by atoms with Crippen LogP contribution in [0.5, 0.6) is 0 Å². The Kier molecular flexibility index (Phi) is 2.28. The van der Waals surface area contributed by atoms with E-state index in [0.717, 1.165) is 0 Å². The minimum atomic E-state index is 0.421. The zero-order chi connectivity index (χ0) is 9.10. The van der Waals surface area contributed by atoms with E-state index in [0.29, 0.717) is 30.5 Å². The van der Waals surface area contributed by atoms with Crippen LogP contribution in [0.2, 0.25) is 0 Å². The van der Waals surface area contributed by atoms with E-state index in [2.05, 4.69) is 19.5 Å². The second-order valence-corrected chi connectivity index (χ2v) is 2.91. The third kappa shape index (κ3) is 1.70. The van der Waals surface area contributed by atoms with Gasteiger partial charge in [0, 0.05) is 13.0 Å². The van der Waals surface area contributed by atoms with E-state index in [1.165, 1.54) is 11.5 Å². The average molecular weight is 197 g/mol. The van der Waals surface area contributed by atoms with Crippen molar-refractivity contribution in [1.29, 1.82) is 0 Å². The number of rotatable bonds is 3. The standard InChI is InChI=1S/C6H7N5OS/c7-2-1-4-9-6(10-12-4)5-8-3-13-11-5/h3H,1-2,7H2. The van der Waals surface area contributed by atoms with Crippen LogP contribution in [0.1, 0.15) is 5.89 Å². The lowest BCUT2D eigenvalue weighted by Gasteiger charge is -1.83. The zero-order valence-electron chi connectivity index (χ0n) is 6.67. The molecule has 0 fully saturated rings. The highest BCUT2D eigenvalue weighted by molar-refractivity contribution is 7.03. The molecule has 0 unspecified atom stereocenters. The van der Waals surface area contributed by atoms with Gasteiger partial charge < -0.3 is 10.3 Å². The molecule has 0 radical (unpaired) electrons. The van der Waals surface area contributed by atoms with Gasteiger partial charge in [-0.05, 0) is 11.5 Å². The molecule has 0 bridgehead atoms. The maximum atomic E-state index is 5.33. The lowest BCUT2D eigenvalue weighted by atomic mass is 10.4. The molecule has 7 heteroatoms. The highest BCUT2D eigenvalue weighted by Crippen LogP contribution is 2.10. The molecule has 0 aliphatic carbocycles. The maximum Gasteiger partial charge on any atom is 0.241 e. The number of nitrogens with zero attached hydrogens (tertiary/aromatic N) is 4. The smallest absolute Gasteiger partial charge is 0.241 e. The molecule has 13 heavy (non-hydrogen) atoms. The molecule has 2 aromatic heterocycles. The van der Waals surface area contributed by atoms with Crippen LogP contribution in [0.15, 0.2) is 10.0 Å².